The van der Waals surface area contributed by atoms with Gasteiger partial charge in [-0.2, -0.15) is 10.1 Å². The third-order valence-electron chi connectivity index (χ3n) is 7.46. The minimum absolute atomic E-state index is 0.251. The number of rotatable bonds is 7. The van der Waals surface area contributed by atoms with E-state index in [4.69, 9.17) is 16.3 Å². The van der Waals surface area contributed by atoms with Crippen molar-refractivity contribution in [2.45, 2.75) is 64.0 Å². The van der Waals surface area contributed by atoms with Gasteiger partial charge in [-0.15, -0.1) is 0 Å². The molecule has 3 aromatic rings. The van der Waals surface area contributed by atoms with Crippen LogP contribution in [-0.2, 0) is 4.74 Å². The Hall–Kier alpha value is -2.75. The molecule has 5 rings (SSSR count). The molecule has 8 nitrogen and oxygen atoms in total. The number of ether oxygens (including phenoxy) is 1. The number of methoxy groups -OCH3 is 1. The predicted octanol–water partition coefficient (Wildman–Crippen LogP) is 5.84. The number of aromatic amines is 1. The lowest BCUT2D eigenvalue weighted by Gasteiger charge is -2.35. The van der Waals surface area contributed by atoms with Crippen LogP contribution in [0.3, 0.4) is 0 Å². The van der Waals surface area contributed by atoms with Gasteiger partial charge in [0.25, 0.3) is 0 Å². The molecule has 36 heavy (non-hydrogen) atoms. The largest absolute Gasteiger partial charge is 0.380 e. The quantitative estimate of drug-likeness (QED) is 0.365. The molecule has 1 atom stereocenters. The monoisotopic (exact) mass is 513 g/mol. The molecule has 1 aliphatic heterocycles. The first-order valence-corrected chi connectivity index (χ1v) is 12.9. The van der Waals surface area contributed by atoms with Crippen molar-refractivity contribution in [2.24, 2.45) is 0 Å². The van der Waals surface area contributed by atoms with Gasteiger partial charge in [0.1, 0.15) is 10.8 Å². The first-order valence-electron chi connectivity index (χ1n) is 12.5. The van der Waals surface area contributed by atoms with Gasteiger partial charge in [0.05, 0.1) is 18.0 Å². The molecular formula is C26H33ClFN7O. The van der Waals surface area contributed by atoms with Crippen molar-refractivity contribution in [1.82, 2.24) is 25.1 Å². The van der Waals surface area contributed by atoms with Crippen LogP contribution >= 0.6 is 11.6 Å². The number of hydrogen-bond acceptors (Lipinski definition) is 7. The Morgan fingerprint density at radius 1 is 1.11 bits per heavy atom. The van der Waals surface area contributed by atoms with Crippen LogP contribution in [-0.4, -0.2) is 57.4 Å². The summed E-state index contributed by atoms with van der Waals surface area (Å²) in [5, 5.41) is 13.4. The van der Waals surface area contributed by atoms with Crippen molar-refractivity contribution in [1.29, 1.82) is 0 Å². The second-order valence-corrected chi connectivity index (χ2v) is 10.3. The van der Waals surface area contributed by atoms with Crippen molar-refractivity contribution in [3.05, 3.63) is 52.1 Å². The fourth-order valence-electron chi connectivity index (χ4n) is 5.50. The van der Waals surface area contributed by atoms with Crippen LogP contribution in [0.2, 0.25) is 5.02 Å². The Labute approximate surface area is 216 Å². The second kappa shape index (κ2) is 10.7. The number of anilines is 4. The summed E-state index contributed by atoms with van der Waals surface area (Å²) in [5.74, 6) is 1.30. The first-order chi connectivity index (χ1) is 17.4. The molecule has 0 spiro atoms. The maximum atomic E-state index is 15.2. The van der Waals surface area contributed by atoms with Crippen LogP contribution in [0.15, 0.2) is 24.4 Å². The zero-order valence-electron chi connectivity index (χ0n) is 20.9. The number of H-pyrrole nitrogens is 1. The molecule has 1 aromatic carbocycles. The second-order valence-electron chi connectivity index (χ2n) is 9.91. The summed E-state index contributed by atoms with van der Waals surface area (Å²) in [7, 11) is 1.80. The van der Waals surface area contributed by atoms with Crippen LogP contribution < -0.4 is 10.6 Å². The van der Waals surface area contributed by atoms with Crippen LogP contribution in [0.5, 0.6) is 0 Å². The standard InChI is InChI=1S/C26H33ClFN7O/c1-15-10-23(30-26-29-13-21(27)25(32-26)31-24-11-16(2)33-34-24)22(28)12-20(15)17-4-6-18(7-5-17)35-9-8-19(14-35)36-3/h10-13,17-19H,4-9,14H2,1-3H3,(H3,29,30,31,32,33,34)/t17-,18+,19-/m0/s1. The third-order valence-corrected chi connectivity index (χ3v) is 7.74. The molecule has 0 radical (unpaired) electrons. The molecular weight excluding hydrogens is 481 g/mol. The minimum Gasteiger partial charge on any atom is -0.380 e. The Balaban J connectivity index is 1.25. The highest BCUT2D eigenvalue weighted by Crippen LogP contribution is 2.38. The summed E-state index contributed by atoms with van der Waals surface area (Å²) >= 11 is 6.25. The molecule has 2 fully saturated rings. The number of hydrogen-bond donors (Lipinski definition) is 3. The smallest absolute Gasteiger partial charge is 0.229 e. The van der Waals surface area contributed by atoms with Gasteiger partial charge < -0.3 is 15.4 Å². The van der Waals surface area contributed by atoms with E-state index in [1.54, 1.807) is 13.2 Å². The average molecular weight is 514 g/mol. The zero-order chi connectivity index (χ0) is 25.2. The van der Waals surface area contributed by atoms with E-state index in [2.05, 4.69) is 35.7 Å². The summed E-state index contributed by atoms with van der Waals surface area (Å²) in [4.78, 5) is 11.2. The van der Waals surface area contributed by atoms with E-state index in [1.165, 1.54) is 6.20 Å². The van der Waals surface area contributed by atoms with E-state index in [-0.39, 0.29) is 11.8 Å². The molecule has 192 valence electrons. The Kier molecular flexibility index (Phi) is 7.41. The lowest BCUT2D eigenvalue weighted by atomic mass is 9.79. The molecule has 0 bridgehead atoms. The number of halogens is 2. The van der Waals surface area contributed by atoms with E-state index in [0.29, 0.717) is 40.4 Å². The first kappa shape index (κ1) is 24.9. The van der Waals surface area contributed by atoms with Gasteiger partial charge in [0.15, 0.2) is 11.6 Å². The minimum atomic E-state index is -0.309. The number of likely N-dealkylation sites (tertiary alicyclic amines) is 1. The van der Waals surface area contributed by atoms with Gasteiger partial charge in [0.2, 0.25) is 5.95 Å². The van der Waals surface area contributed by atoms with Crippen molar-refractivity contribution < 1.29 is 9.13 Å². The SMILES string of the molecule is CO[C@H]1CCN([C@H]2CC[C@@H](c3cc(F)c(Nc4ncc(Cl)c(Nc5cc(C)[nH]n5)n4)cc3C)CC2)C1. The van der Waals surface area contributed by atoms with Crippen LogP contribution in [0.1, 0.15) is 54.8 Å². The van der Waals surface area contributed by atoms with Gasteiger partial charge >= 0.3 is 0 Å². The van der Waals surface area contributed by atoms with E-state index in [1.807, 2.05) is 26.0 Å². The molecule has 0 amide bonds. The van der Waals surface area contributed by atoms with Crippen molar-refractivity contribution in [3.8, 4) is 0 Å². The lowest BCUT2D eigenvalue weighted by Crippen LogP contribution is -2.37. The van der Waals surface area contributed by atoms with Crippen molar-refractivity contribution in [2.75, 3.05) is 30.8 Å². The Bertz CT molecular complexity index is 1210. The maximum absolute atomic E-state index is 15.2. The van der Waals surface area contributed by atoms with E-state index in [9.17, 15) is 0 Å². The van der Waals surface area contributed by atoms with E-state index in [0.717, 1.165) is 62.0 Å². The normalized spacial score (nSPS) is 22.6. The Morgan fingerprint density at radius 2 is 1.92 bits per heavy atom. The molecule has 3 heterocycles. The van der Waals surface area contributed by atoms with Gasteiger partial charge in [-0.25, -0.2) is 9.37 Å². The fraction of sp³-hybridized carbons (Fsp3) is 0.500. The number of nitrogens with one attached hydrogen (secondary N) is 3. The molecule has 1 aliphatic carbocycles. The van der Waals surface area contributed by atoms with Crippen LogP contribution in [0.25, 0.3) is 0 Å². The fourth-order valence-corrected chi connectivity index (χ4v) is 5.64. The van der Waals surface area contributed by atoms with Gasteiger partial charge in [0, 0.05) is 38.0 Å². The number of benzene rings is 1. The summed E-state index contributed by atoms with van der Waals surface area (Å²) in [6.07, 6.45) is 7.41. The number of aryl methyl sites for hydroxylation is 2. The summed E-state index contributed by atoms with van der Waals surface area (Å²) < 4.78 is 20.7. The number of aromatic nitrogens is 4. The van der Waals surface area contributed by atoms with Gasteiger partial charge in [-0.3, -0.25) is 10.00 Å². The zero-order valence-corrected chi connectivity index (χ0v) is 21.7. The predicted molar refractivity (Wildman–Crippen MR) is 140 cm³/mol. The molecule has 3 N–H and O–H groups in total. The highest BCUT2D eigenvalue weighted by Gasteiger charge is 2.32. The lowest BCUT2D eigenvalue weighted by molar-refractivity contribution is 0.0941. The van der Waals surface area contributed by atoms with Crippen LogP contribution in [0.4, 0.5) is 27.7 Å². The van der Waals surface area contributed by atoms with E-state index >= 15 is 4.39 Å². The third kappa shape index (κ3) is 5.48. The molecule has 2 aliphatic rings. The average Bonchev–Trinajstić information content (AvgIpc) is 3.52. The highest BCUT2D eigenvalue weighted by molar-refractivity contribution is 6.32. The summed E-state index contributed by atoms with van der Waals surface area (Å²) in [5.41, 5.74) is 3.42. The van der Waals surface area contributed by atoms with E-state index < -0.39 is 0 Å². The molecule has 1 saturated heterocycles. The van der Waals surface area contributed by atoms with Gasteiger partial charge in [-0.1, -0.05) is 11.6 Å². The molecule has 10 heteroatoms. The summed E-state index contributed by atoms with van der Waals surface area (Å²) in [6.45, 7) is 6.10. The Morgan fingerprint density at radius 3 is 2.61 bits per heavy atom. The topological polar surface area (TPSA) is 91.0 Å². The highest BCUT2D eigenvalue weighted by atomic mass is 35.5. The number of nitrogens with zero attached hydrogens (tertiary/aromatic N) is 4. The van der Waals surface area contributed by atoms with Gasteiger partial charge in [-0.05, 0) is 75.1 Å². The molecule has 1 saturated carbocycles. The van der Waals surface area contributed by atoms with Crippen LogP contribution in [0, 0.1) is 19.7 Å². The molecule has 2 aromatic heterocycles. The van der Waals surface area contributed by atoms with Crippen molar-refractivity contribution >= 4 is 34.9 Å². The van der Waals surface area contributed by atoms with Crippen molar-refractivity contribution in [3.63, 3.8) is 0 Å². The summed E-state index contributed by atoms with van der Waals surface area (Å²) in [6, 6.07) is 5.98. The molecule has 0 unspecified atom stereocenters. The maximum Gasteiger partial charge on any atom is 0.229 e.